The summed E-state index contributed by atoms with van der Waals surface area (Å²) in [7, 11) is -3.67. The van der Waals surface area contributed by atoms with Gasteiger partial charge in [-0.2, -0.15) is 8.42 Å². The Morgan fingerprint density at radius 3 is 2.13 bits per heavy atom. The molecule has 0 saturated heterocycles. The van der Waals surface area contributed by atoms with Gasteiger partial charge in [0.25, 0.3) is 10.1 Å². The topological polar surface area (TPSA) is 80.7 Å². The Bertz CT molecular complexity index is 242. The van der Waals surface area contributed by atoms with Gasteiger partial charge in [0, 0.05) is 11.6 Å². The highest BCUT2D eigenvalue weighted by Crippen LogP contribution is 1.99. The predicted molar refractivity (Wildman–Crippen MR) is 58.8 cm³/mol. The Morgan fingerprint density at radius 2 is 1.80 bits per heavy atom. The number of carbonyl (C=O) groups is 1. The average Bonchev–Trinajstić information content (AvgIpc) is 2.00. The van der Waals surface area contributed by atoms with Gasteiger partial charge in [0.2, 0.25) is 0 Å². The second kappa shape index (κ2) is 10.2. The second-order valence-electron chi connectivity index (χ2n) is 2.88. The molecule has 1 N–H and O–H groups in total. The van der Waals surface area contributed by atoms with E-state index in [-0.39, 0.29) is 0 Å². The summed E-state index contributed by atoms with van der Waals surface area (Å²) >= 11 is 4.93. The highest BCUT2D eigenvalue weighted by Gasteiger charge is 1.93. The lowest BCUT2D eigenvalue weighted by Crippen LogP contribution is -1.95. The molecular formula is C8H17ClO5S. The molecule has 0 amide bonds. The van der Waals surface area contributed by atoms with E-state index in [9.17, 15) is 13.2 Å². The van der Waals surface area contributed by atoms with E-state index in [1.807, 2.05) is 0 Å². The van der Waals surface area contributed by atoms with Gasteiger partial charge in [0.15, 0.2) is 0 Å². The molecule has 0 aromatic carbocycles. The van der Waals surface area contributed by atoms with Gasteiger partial charge in [-0.1, -0.05) is 26.2 Å². The Labute approximate surface area is 95.5 Å². The SMILES string of the molecule is CCCCCCOC(=O)Cl.CS(=O)(=O)O. The minimum atomic E-state index is -3.67. The van der Waals surface area contributed by atoms with Crippen LogP contribution < -0.4 is 0 Å². The zero-order valence-electron chi connectivity index (χ0n) is 8.90. The highest BCUT2D eigenvalue weighted by molar-refractivity contribution is 7.85. The van der Waals surface area contributed by atoms with Crippen LogP contribution in [0.1, 0.15) is 32.6 Å². The lowest BCUT2D eigenvalue weighted by Gasteiger charge is -1.98. The molecule has 0 aliphatic rings. The summed E-state index contributed by atoms with van der Waals surface area (Å²) in [5, 5.41) is 0. The van der Waals surface area contributed by atoms with Crippen LogP contribution in [0.4, 0.5) is 4.79 Å². The summed E-state index contributed by atoms with van der Waals surface area (Å²) in [6.45, 7) is 2.59. The zero-order chi connectivity index (χ0) is 12.3. The van der Waals surface area contributed by atoms with Crippen molar-refractivity contribution in [3.05, 3.63) is 0 Å². The molecule has 92 valence electrons. The number of unbranched alkanes of at least 4 members (excludes halogenated alkanes) is 3. The number of hydrogen-bond acceptors (Lipinski definition) is 4. The van der Waals surface area contributed by atoms with E-state index >= 15 is 0 Å². The molecule has 0 aliphatic heterocycles. The van der Waals surface area contributed by atoms with Crippen LogP contribution in [0.25, 0.3) is 0 Å². The van der Waals surface area contributed by atoms with E-state index in [1.54, 1.807) is 0 Å². The third-order valence-corrected chi connectivity index (χ3v) is 1.32. The molecule has 7 heteroatoms. The van der Waals surface area contributed by atoms with Gasteiger partial charge in [0.1, 0.15) is 0 Å². The van der Waals surface area contributed by atoms with Crippen molar-refractivity contribution < 1.29 is 22.5 Å². The maximum atomic E-state index is 10.0. The van der Waals surface area contributed by atoms with Crippen molar-refractivity contribution in [3.8, 4) is 0 Å². The van der Waals surface area contributed by atoms with Crippen LogP contribution in [0.2, 0.25) is 0 Å². The average molecular weight is 261 g/mol. The summed E-state index contributed by atoms with van der Waals surface area (Å²) in [5.74, 6) is 0. The van der Waals surface area contributed by atoms with Crippen LogP contribution in [0, 0.1) is 0 Å². The van der Waals surface area contributed by atoms with Crippen LogP contribution in [0.15, 0.2) is 0 Å². The fourth-order valence-corrected chi connectivity index (χ4v) is 0.758. The molecule has 0 atom stereocenters. The first kappa shape index (κ1) is 17.1. The summed E-state index contributed by atoms with van der Waals surface area (Å²) in [6.07, 6.45) is 5.13. The summed E-state index contributed by atoms with van der Waals surface area (Å²) in [6, 6.07) is 0. The third kappa shape index (κ3) is 41.8. The van der Waals surface area contributed by atoms with Crippen LogP contribution in [-0.2, 0) is 14.9 Å². The first-order chi connectivity index (χ1) is 6.77. The molecule has 0 aliphatic carbocycles. The Kier molecular flexibility index (Phi) is 11.6. The summed E-state index contributed by atoms with van der Waals surface area (Å²) in [4.78, 5) is 10.0. The lowest BCUT2D eigenvalue weighted by atomic mass is 10.2. The number of ether oxygens (including phenoxy) is 1. The van der Waals surface area contributed by atoms with Gasteiger partial charge in [-0.15, -0.1) is 0 Å². The van der Waals surface area contributed by atoms with E-state index in [0.717, 1.165) is 12.8 Å². The van der Waals surface area contributed by atoms with E-state index < -0.39 is 15.5 Å². The second-order valence-corrected chi connectivity index (χ2v) is 4.65. The Morgan fingerprint density at radius 1 is 1.33 bits per heavy atom. The van der Waals surface area contributed by atoms with E-state index in [1.165, 1.54) is 12.8 Å². The number of rotatable bonds is 5. The maximum absolute atomic E-state index is 10.0. The molecule has 0 aromatic heterocycles. The van der Waals surface area contributed by atoms with Crippen molar-refractivity contribution in [2.45, 2.75) is 32.6 Å². The minimum absolute atomic E-state index is 0.461. The van der Waals surface area contributed by atoms with E-state index in [0.29, 0.717) is 12.9 Å². The molecule has 5 nitrogen and oxygen atoms in total. The Hall–Kier alpha value is -0.330. The monoisotopic (exact) mass is 260 g/mol. The van der Waals surface area contributed by atoms with Crippen LogP contribution in [0.5, 0.6) is 0 Å². The summed E-state index contributed by atoms with van der Waals surface area (Å²) in [5.41, 5.74) is -0.698. The fraction of sp³-hybridized carbons (Fsp3) is 0.875. The van der Waals surface area contributed by atoms with Crippen molar-refractivity contribution >= 4 is 27.1 Å². The maximum Gasteiger partial charge on any atom is 0.403 e. The molecule has 0 heterocycles. The number of hydrogen-bond donors (Lipinski definition) is 1. The molecule has 0 unspecified atom stereocenters. The van der Waals surface area contributed by atoms with Crippen molar-refractivity contribution in [2.75, 3.05) is 12.9 Å². The van der Waals surface area contributed by atoms with Gasteiger partial charge in [-0.25, -0.2) is 4.79 Å². The molecule has 0 fully saturated rings. The summed E-state index contributed by atoms with van der Waals surface area (Å²) < 4.78 is 30.4. The molecule has 0 aromatic rings. The normalized spacial score (nSPS) is 10.1. The van der Waals surface area contributed by atoms with Crippen LogP contribution in [-0.4, -0.2) is 31.3 Å². The van der Waals surface area contributed by atoms with Gasteiger partial charge in [-0.05, 0) is 6.42 Å². The van der Waals surface area contributed by atoms with Crippen molar-refractivity contribution in [1.82, 2.24) is 0 Å². The van der Waals surface area contributed by atoms with Gasteiger partial charge < -0.3 is 4.74 Å². The van der Waals surface area contributed by atoms with Crippen molar-refractivity contribution in [1.29, 1.82) is 0 Å². The quantitative estimate of drug-likeness (QED) is 0.466. The van der Waals surface area contributed by atoms with Crippen LogP contribution in [0.3, 0.4) is 0 Å². The highest BCUT2D eigenvalue weighted by atomic mass is 35.5. The molecule has 0 saturated carbocycles. The zero-order valence-corrected chi connectivity index (χ0v) is 10.5. The minimum Gasteiger partial charge on any atom is -0.454 e. The first-order valence-electron chi connectivity index (χ1n) is 4.52. The van der Waals surface area contributed by atoms with Gasteiger partial charge >= 0.3 is 5.43 Å². The molecular weight excluding hydrogens is 244 g/mol. The number of carbonyl (C=O) groups excluding carboxylic acids is 1. The smallest absolute Gasteiger partial charge is 0.403 e. The molecule has 0 bridgehead atoms. The van der Waals surface area contributed by atoms with E-state index in [2.05, 4.69) is 11.7 Å². The first-order valence-corrected chi connectivity index (χ1v) is 6.74. The molecule has 0 radical (unpaired) electrons. The Balaban J connectivity index is 0. The van der Waals surface area contributed by atoms with Gasteiger partial charge in [-0.3, -0.25) is 4.55 Å². The van der Waals surface area contributed by atoms with Crippen molar-refractivity contribution in [3.63, 3.8) is 0 Å². The lowest BCUT2D eigenvalue weighted by molar-refractivity contribution is 0.171. The van der Waals surface area contributed by atoms with Crippen molar-refractivity contribution in [2.24, 2.45) is 0 Å². The third-order valence-electron chi connectivity index (χ3n) is 1.21. The fourth-order valence-electron chi connectivity index (χ4n) is 0.681. The standard InChI is InChI=1S/C7H13ClO2.CH4O3S/c1-2-3-4-5-6-10-7(8)9;1-5(2,3)4/h2-6H2,1H3;1H3,(H,2,3,4). The number of halogens is 1. The molecule has 15 heavy (non-hydrogen) atoms. The molecule has 0 spiro atoms. The van der Waals surface area contributed by atoms with E-state index in [4.69, 9.17) is 16.2 Å². The largest absolute Gasteiger partial charge is 0.454 e. The van der Waals surface area contributed by atoms with Crippen LogP contribution >= 0.6 is 11.6 Å². The predicted octanol–water partition coefficient (Wildman–Crippen LogP) is 2.45. The van der Waals surface area contributed by atoms with Gasteiger partial charge in [0.05, 0.1) is 12.9 Å². The molecule has 0 rings (SSSR count).